The van der Waals surface area contributed by atoms with Crippen LogP contribution in [-0.4, -0.2) is 33.9 Å². The van der Waals surface area contributed by atoms with Gasteiger partial charge in [-0.2, -0.15) is 0 Å². The van der Waals surface area contributed by atoms with E-state index in [-0.39, 0.29) is 5.91 Å². The van der Waals surface area contributed by atoms with Gasteiger partial charge in [0.15, 0.2) is 5.13 Å². The summed E-state index contributed by atoms with van der Waals surface area (Å²) in [4.78, 5) is 24.0. The minimum atomic E-state index is -0.136. The van der Waals surface area contributed by atoms with Gasteiger partial charge in [-0.1, -0.05) is 17.4 Å². The number of nitrogens with zero attached hydrogens (tertiary/aromatic N) is 3. The van der Waals surface area contributed by atoms with Gasteiger partial charge in [0.05, 0.1) is 21.4 Å². The van der Waals surface area contributed by atoms with Gasteiger partial charge in [0.25, 0.3) is 5.91 Å². The van der Waals surface area contributed by atoms with Gasteiger partial charge in [-0.15, -0.1) is 11.3 Å². The highest BCUT2D eigenvalue weighted by atomic mass is 32.1. The van der Waals surface area contributed by atoms with E-state index in [1.165, 1.54) is 41.1 Å². The first-order valence-electron chi connectivity index (χ1n) is 7.91. The summed E-state index contributed by atoms with van der Waals surface area (Å²) >= 11 is 2.87. The Morgan fingerprint density at radius 2 is 2.25 bits per heavy atom. The molecule has 1 saturated carbocycles. The molecule has 0 radical (unpaired) electrons. The first-order chi connectivity index (χ1) is 11.6. The number of benzene rings is 1. The Labute approximate surface area is 148 Å². The minimum absolute atomic E-state index is 0.136. The van der Waals surface area contributed by atoms with Crippen LogP contribution in [0.5, 0.6) is 0 Å². The molecule has 1 N–H and O–H groups in total. The molecule has 1 aliphatic rings. The molecule has 0 saturated heterocycles. The third kappa shape index (κ3) is 3.19. The summed E-state index contributed by atoms with van der Waals surface area (Å²) in [5.74, 6) is -0.136. The van der Waals surface area contributed by atoms with Crippen molar-refractivity contribution in [1.29, 1.82) is 0 Å². The van der Waals surface area contributed by atoms with Gasteiger partial charge in [-0.05, 0) is 44.5 Å². The molecule has 124 valence electrons. The van der Waals surface area contributed by atoms with Crippen LogP contribution >= 0.6 is 22.7 Å². The van der Waals surface area contributed by atoms with Crippen LogP contribution in [0, 0.1) is 6.92 Å². The molecule has 0 atom stereocenters. The van der Waals surface area contributed by atoms with Gasteiger partial charge in [0.1, 0.15) is 4.88 Å². The quantitative estimate of drug-likeness (QED) is 0.751. The molecule has 0 spiro atoms. The number of aromatic nitrogens is 2. The van der Waals surface area contributed by atoms with E-state index in [1.807, 2.05) is 13.0 Å². The van der Waals surface area contributed by atoms with Crippen molar-refractivity contribution in [3.8, 4) is 0 Å². The third-order valence-corrected chi connectivity index (χ3v) is 6.09. The summed E-state index contributed by atoms with van der Waals surface area (Å²) in [5.41, 5.74) is 4.65. The van der Waals surface area contributed by atoms with E-state index in [2.05, 4.69) is 39.4 Å². The Bertz CT molecular complexity index is 897. The highest BCUT2D eigenvalue weighted by molar-refractivity contribution is 7.22. The maximum absolute atomic E-state index is 12.3. The van der Waals surface area contributed by atoms with Crippen LogP contribution in [-0.2, 0) is 6.54 Å². The highest BCUT2D eigenvalue weighted by Gasteiger charge is 2.25. The zero-order valence-electron chi connectivity index (χ0n) is 13.6. The monoisotopic (exact) mass is 358 g/mol. The fourth-order valence-electron chi connectivity index (χ4n) is 2.73. The van der Waals surface area contributed by atoms with Gasteiger partial charge < -0.3 is 0 Å². The zero-order chi connectivity index (χ0) is 16.7. The van der Waals surface area contributed by atoms with Crippen molar-refractivity contribution >= 4 is 43.9 Å². The molecule has 4 rings (SSSR count). The predicted molar refractivity (Wildman–Crippen MR) is 98.9 cm³/mol. The van der Waals surface area contributed by atoms with Crippen molar-refractivity contribution in [1.82, 2.24) is 14.9 Å². The average Bonchev–Trinajstić information content (AvgIpc) is 3.20. The number of hydrogen-bond donors (Lipinski definition) is 1. The molecule has 0 unspecified atom stereocenters. The lowest BCUT2D eigenvalue weighted by molar-refractivity contribution is 0.103. The lowest BCUT2D eigenvalue weighted by Crippen LogP contribution is -2.19. The van der Waals surface area contributed by atoms with Gasteiger partial charge in [0, 0.05) is 12.6 Å². The number of aryl methyl sites for hydroxylation is 1. The summed E-state index contributed by atoms with van der Waals surface area (Å²) < 4.78 is 1.10. The molecule has 0 aliphatic heterocycles. The van der Waals surface area contributed by atoms with Crippen molar-refractivity contribution < 1.29 is 4.79 Å². The molecule has 5 nitrogen and oxygen atoms in total. The molecule has 7 heteroatoms. The number of fused-ring (bicyclic) bond motifs is 1. The zero-order valence-corrected chi connectivity index (χ0v) is 15.2. The Balaban J connectivity index is 1.52. The van der Waals surface area contributed by atoms with Crippen LogP contribution in [0.4, 0.5) is 5.13 Å². The Morgan fingerprint density at radius 3 is 2.96 bits per heavy atom. The number of carbonyl (C=O) groups excluding carboxylic acids is 1. The Hall–Kier alpha value is -1.83. The summed E-state index contributed by atoms with van der Waals surface area (Å²) in [7, 11) is 2.18. The number of rotatable bonds is 5. The Kier molecular flexibility index (Phi) is 4.07. The second kappa shape index (κ2) is 6.23. The number of carbonyl (C=O) groups is 1. The van der Waals surface area contributed by atoms with E-state index in [9.17, 15) is 4.79 Å². The fourth-order valence-corrected chi connectivity index (χ4v) is 4.35. The molecule has 1 fully saturated rings. The first kappa shape index (κ1) is 15.7. The lowest BCUT2D eigenvalue weighted by atomic mass is 10.2. The summed E-state index contributed by atoms with van der Waals surface area (Å²) in [6.45, 7) is 2.80. The van der Waals surface area contributed by atoms with Crippen molar-refractivity contribution in [2.24, 2.45) is 0 Å². The normalized spacial score (nSPS) is 14.5. The van der Waals surface area contributed by atoms with Gasteiger partial charge in [-0.25, -0.2) is 9.97 Å². The van der Waals surface area contributed by atoms with Gasteiger partial charge >= 0.3 is 0 Å². The van der Waals surface area contributed by atoms with E-state index in [0.29, 0.717) is 10.0 Å². The van der Waals surface area contributed by atoms with Crippen molar-refractivity contribution in [3.63, 3.8) is 0 Å². The molecule has 0 bridgehead atoms. The SMILES string of the molecule is Cc1ncsc1C(=O)Nc1nc2ccc(CN(C)C3CC3)cc2s1. The van der Waals surface area contributed by atoms with Crippen molar-refractivity contribution in [2.45, 2.75) is 32.4 Å². The highest BCUT2D eigenvalue weighted by Crippen LogP contribution is 2.30. The molecule has 2 aromatic heterocycles. The molecule has 2 heterocycles. The summed E-state index contributed by atoms with van der Waals surface area (Å²) in [6.07, 6.45) is 2.62. The summed E-state index contributed by atoms with van der Waals surface area (Å²) in [5, 5.41) is 3.53. The van der Waals surface area contributed by atoms with E-state index in [0.717, 1.165) is 28.5 Å². The third-order valence-electron chi connectivity index (χ3n) is 4.23. The van der Waals surface area contributed by atoms with E-state index in [4.69, 9.17) is 0 Å². The maximum atomic E-state index is 12.3. The molecule has 1 amide bonds. The van der Waals surface area contributed by atoms with Crippen LogP contribution in [0.2, 0.25) is 0 Å². The largest absolute Gasteiger partial charge is 0.299 e. The average molecular weight is 358 g/mol. The van der Waals surface area contributed by atoms with E-state index < -0.39 is 0 Å². The van der Waals surface area contributed by atoms with E-state index in [1.54, 1.807) is 5.51 Å². The Morgan fingerprint density at radius 1 is 1.42 bits per heavy atom. The van der Waals surface area contributed by atoms with Crippen LogP contribution in [0.3, 0.4) is 0 Å². The molecular weight excluding hydrogens is 340 g/mol. The number of amides is 1. The second-order valence-corrected chi connectivity index (χ2v) is 8.07. The fraction of sp³-hybridized carbons (Fsp3) is 0.353. The van der Waals surface area contributed by atoms with Crippen LogP contribution < -0.4 is 5.32 Å². The smallest absolute Gasteiger partial charge is 0.269 e. The maximum Gasteiger partial charge on any atom is 0.269 e. The van der Waals surface area contributed by atoms with Crippen LogP contribution in [0.15, 0.2) is 23.7 Å². The van der Waals surface area contributed by atoms with Gasteiger partial charge in [-0.3, -0.25) is 15.0 Å². The van der Waals surface area contributed by atoms with Crippen LogP contribution in [0.25, 0.3) is 10.2 Å². The minimum Gasteiger partial charge on any atom is -0.299 e. The first-order valence-corrected chi connectivity index (χ1v) is 9.61. The van der Waals surface area contributed by atoms with Gasteiger partial charge in [0.2, 0.25) is 0 Å². The van der Waals surface area contributed by atoms with Crippen LogP contribution in [0.1, 0.15) is 33.8 Å². The second-order valence-electron chi connectivity index (χ2n) is 6.19. The molecule has 3 aromatic rings. The van der Waals surface area contributed by atoms with Crippen molar-refractivity contribution in [2.75, 3.05) is 12.4 Å². The standard InChI is InChI=1S/C17H18N4OS2/c1-10-15(23-9-18-10)16(22)20-17-19-13-6-3-11(7-14(13)24-17)8-21(2)12-4-5-12/h3,6-7,9,12H,4-5,8H2,1-2H3,(H,19,20,22). The number of thiazole rings is 2. The number of anilines is 1. The molecule has 1 aromatic carbocycles. The molecular formula is C17H18N4OS2. The predicted octanol–water partition coefficient (Wildman–Crippen LogP) is 3.91. The topological polar surface area (TPSA) is 58.1 Å². The summed E-state index contributed by atoms with van der Waals surface area (Å²) in [6, 6.07) is 7.09. The number of nitrogens with one attached hydrogen (secondary N) is 1. The molecule has 1 aliphatic carbocycles. The molecule has 24 heavy (non-hydrogen) atoms. The van der Waals surface area contributed by atoms with E-state index >= 15 is 0 Å². The lowest BCUT2D eigenvalue weighted by Gasteiger charge is -2.15. The van der Waals surface area contributed by atoms with Crippen molar-refractivity contribution in [3.05, 3.63) is 39.8 Å². The number of hydrogen-bond acceptors (Lipinski definition) is 6.